The minimum atomic E-state index is -1.57. The van der Waals surface area contributed by atoms with Crippen LogP contribution in [-0.4, -0.2) is 26.6 Å². The fourth-order valence-electron chi connectivity index (χ4n) is 0.828. The average molecular weight is 248 g/mol. The summed E-state index contributed by atoms with van der Waals surface area (Å²) in [6.07, 6.45) is 0.948. The third-order valence-electron chi connectivity index (χ3n) is 2.89. The molecule has 0 aliphatic carbocycles. The standard InChI is InChI=1S/C10H24N2OSSi/c1-10(2,3)15(4,5)13-8-6-7-12-9(11)14/h6-8H2,1-5H3,(H3,11,12,14). The molecule has 0 aromatic carbocycles. The summed E-state index contributed by atoms with van der Waals surface area (Å²) in [5, 5.41) is 3.56. The van der Waals surface area contributed by atoms with E-state index < -0.39 is 8.32 Å². The van der Waals surface area contributed by atoms with Crippen LogP contribution >= 0.6 is 12.2 Å². The van der Waals surface area contributed by atoms with Crippen LogP contribution in [0, 0.1) is 0 Å². The summed E-state index contributed by atoms with van der Waals surface area (Å²) in [5.41, 5.74) is 5.32. The summed E-state index contributed by atoms with van der Waals surface area (Å²) < 4.78 is 5.99. The Kier molecular flexibility index (Phi) is 5.76. The molecule has 0 aliphatic heterocycles. The van der Waals surface area contributed by atoms with Gasteiger partial charge in [0.15, 0.2) is 13.4 Å². The molecule has 0 unspecified atom stereocenters. The van der Waals surface area contributed by atoms with Crippen LogP contribution in [0.1, 0.15) is 27.2 Å². The van der Waals surface area contributed by atoms with Crippen molar-refractivity contribution in [3.8, 4) is 0 Å². The van der Waals surface area contributed by atoms with Crippen LogP contribution in [0.25, 0.3) is 0 Å². The van der Waals surface area contributed by atoms with Gasteiger partial charge in [-0.2, -0.15) is 0 Å². The molecule has 0 heterocycles. The molecule has 3 N–H and O–H groups in total. The van der Waals surface area contributed by atoms with Crippen molar-refractivity contribution in [2.75, 3.05) is 13.2 Å². The highest BCUT2D eigenvalue weighted by molar-refractivity contribution is 7.80. The molecule has 90 valence electrons. The Morgan fingerprint density at radius 3 is 2.33 bits per heavy atom. The maximum Gasteiger partial charge on any atom is 0.191 e. The molecule has 0 aromatic heterocycles. The molecule has 0 fully saturated rings. The van der Waals surface area contributed by atoms with Gasteiger partial charge in [0.1, 0.15) is 0 Å². The number of hydrogen-bond donors (Lipinski definition) is 2. The predicted octanol–water partition coefficient (Wildman–Crippen LogP) is 2.23. The van der Waals surface area contributed by atoms with Crippen molar-refractivity contribution in [3.63, 3.8) is 0 Å². The van der Waals surface area contributed by atoms with Gasteiger partial charge in [0, 0.05) is 13.2 Å². The SMILES string of the molecule is CC(C)(C)[Si](C)(C)OCCCNC(N)=S. The number of nitrogens with one attached hydrogen (secondary N) is 1. The first-order valence-electron chi connectivity index (χ1n) is 5.34. The van der Waals surface area contributed by atoms with Crippen molar-refractivity contribution < 1.29 is 4.43 Å². The van der Waals surface area contributed by atoms with Gasteiger partial charge in [-0.1, -0.05) is 20.8 Å². The van der Waals surface area contributed by atoms with Crippen LogP contribution in [0.15, 0.2) is 0 Å². The van der Waals surface area contributed by atoms with Gasteiger partial charge in [-0.15, -0.1) is 0 Å². The maximum absolute atomic E-state index is 5.99. The van der Waals surface area contributed by atoms with Crippen LogP contribution in [-0.2, 0) is 4.43 Å². The fraction of sp³-hybridized carbons (Fsp3) is 0.900. The highest BCUT2D eigenvalue weighted by Crippen LogP contribution is 2.36. The lowest BCUT2D eigenvalue weighted by Crippen LogP contribution is -2.41. The predicted molar refractivity (Wildman–Crippen MR) is 72.6 cm³/mol. The molecule has 0 radical (unpaired) electrons. The van der Waals surface area contributed by atoms with Gasteiger partial charge in [0.2, 0.25) is 0 Å². The van der Waals surface area contributed by atoms with Crippen molar-refractivity contribution in [1.29, 1.82) is 0 Å². The van der Waals surface area contributed by atoms with Gasteiger partial charge in [0.25, 0.3) is 0 Å². The topological polar surface area (TPSA) is 47.3 Å². The Hall–Kier alpha value is -0.133. The van der Waals surface area contributed by atoms with Crippen molar-refractivity contribution in [1.82, 2.24) is 5.32 Å². The van der Waals surface area contributed by atoms with Crippen molar-refractivity contribution >= 4 is 25.6 Å². The molecule has 0 bridgehead atoms. The molecule has 0 spiro atoms. The largest absolute Gasteiger partial charge is 0.417 e. The molecule has 0 aliphatic rings. The van der Waals surface area contributed by atoms with Gasteiger partial charge in [-0.25, -0.2) is 0 Å². The van der Waals surface area contributed by atoms with Gasteiger partial charge < -0.3 is 15.5 Å². The first kappa shape index (κ1) is 14.9. The van der Waals surface area contributed by atoms with E-state index in [0.717, 1.165) is 19.6 Å². The summed E-state index contributed by atoms with van der Waals surface area (Å²) in [6, 6.07) is 0. The van der Waals surface area contributed by atoms with Crippen LogP contribution in [0.4, 0.5) is 0 Å². The molecule has 3 nitrogen and oxygen atoms in total. The maximum atomic E-state index is 5.99. The summed E-state index contributed by atoms with van der Waals surface area (Å²) >= 11 is 4.71. The fourth-order valence-corrected chi connectivity index (χ4v) is 2.02. The van der Waals surface area contributed by atoms with Crippen molar-refractivity contribution in [2.24, 2.45) is 5.73 Å². The third kappa shape index (κ3) is 6.12. The summed E-state index contributed by atoms with van der Waals surface area (Å²) in [6.45, 7) is 12.8. The highest BCUT2D eigenvalue weighted by atomic mass is 32.1. The van der Waals surface area contributed by atoms with E-state index in [4.69, 9.17) is 22.4 Å². The van der Waals surface area contributed by atoms with Gasteiger partial charge >= 0.3 is 0 Å². The van der Waals surface area contributed by atoms with Crippen LogP contribution in [0.3, 0.4) is 0 Å². The molecule has 0 amide bonds. The second kappa shape index (κ2) is 5.82. The zero-order valence-corrected chi connectivity index (χ0v) is 12.3. The van der Waals surface area contributed by atoms with Crippen LogP contribution in [0.2, 0.25) is 18.1 Å². The molecule has 0 saturated heterocycles. The quantitative estimate of drug-likeness (QED) is 0.445. The molecule has 0 saturated carbocycles. The summed E-state index contributed by atoms with van der Waals surface area (Å²) in [5.74, 6) is 0. The summed E-state index contributed by atoms with van der Waals surface area (Å²) in [4.78, 5) is 0. The lowest BCUT2D eigenvalue weighted by atomic mass is 10.2. The molecular formula is C10H24N2OSSi. The Morgan fingerprint density at radius 1 is 1.40 bits per heavy atom. The van der Waals surface area contributed by atoms with E-state index in [0.29, 0.717) is 5.11 Å². The minimum absolute atomic E-state index is 0.281. The first-order chi connectivity index (χ1) is 6.67. The van der Waals surface area contributed by atoms with E-state index in [1.54, 1.807) is 0 Å². The van der Waals surface area contributed by atoms with Gasteiger partial charge in [-0.3, -0.25) is 0 Å². The van der Waals surface area contributed by atoms with E-state index >= 15 is 0 Å². The van der Waals surface area contributed by atoms with E-state index in [2.05, 4.69) is 39.2 Å². The molecule has 0 rings (SSSR count). The van der Waals surface area contributed by atoms with Crippen LogP contribution in [0.5, 0.6) is 0 Å². The Labute approximate surface area is 99.9 Å². The number of thiocarbonyl (C=S) groups is 1. The number of nitrogens with two attached hydrogens (primary N) is 1. The normalized spacial score (nSPS) is 12.6. The number of rotatable bonds is 5. The average Bonchev–Trinajstić information content (AvgIpc) is 2.00. The van der Waals surface area contributed by atoms with Crippen molar-refractivity contribution in [2.45, 2.75) is 45.3 Å². The van der Waals surface area contributed by atoms with Gasteiger partial charge in [0.05, 0.1) is 0 Å². The smallest absolute Gasteiger partial charge is 0.191 e. The monoisotopic (exact) mass is 248 g/mol. The molecular weight excluding hydrogens is 224 g/mol. The molecule has 0 aromatic rings. The molecule has 0 atom stereocenters. The Morgan fingerprint density at radius 2 is 1.93 bits per heavy atom. The second-order valence-corrected chi connectivity index (χ2v) is 10.5. The van der Waals surface area contributed by atoms with Crippen LogP contribution < -0.4 is 11.1 Å². The van der Waals surface area contributed by atoms with E-state index in [1.165, 1.54) is 0 Å². The minimum Gasteiger partial charge on any atom is -0.417 e. The third-order valence-corrected chi connectivity index (χ3v) is 7.57. The second-order valence-electron chi connectivity index (χ2n) is 5.25. The Balaban J connectivity index is 3.72. The zero-order chi connectivity index (χ0) is 12.1. The van der Waals surface area contributed by atoms with E-state index in [-0.39, 0.29) is 5.04 Å². The highest BCUT2D eigenvalue weighted by Gasteiger charge is 2.36. The van der Waals surface area contributed by atoms with Crippen molar-refractivity contribution in [3.05, 3.63) is 0 Å². The number of hydrogen-bond acceptors (Lipinski definition) is 2. The first-order valence-corrected chi connectivity index (χ1v) is 8.66. The lowest BCUT2D eigenvalue weighted by Gasteiger charge is -2.36. The summed E-state index contributed by atoms with van der Waals surface area (Å²) in [7, 11) is -1.57. The van der Waals surface area contributed by atoms with Gasteiger partial charge in [-0.05, 0) is 36.8 Å². The van der Waals surface area contributed by atoms with E-state index in [1.807, 2.05) is 0 Å². The lowest BCUT2D eigenvalue weighted by molar-refractivity contribution is 0.283. The molecule has 15 heavy (non-hydrogen) atoms. The zero-order valence-electron chi connectivity index (χ0n) is 10.5. The molecule has 5 heteroatoms. The Bertz CT molecular complexity index is 214. The van der Waals surface area contributed by atoms with E-state index in [9.17, 15) is 0 Å².